The Kier molecular flexibility index (Phi) is 2.78. The number of carboxylic acids is 1. The fourth-order valence-electron chi connectivity index (χ4n) is 2.38. The number of hydrogen-bond acceptors (Lipinski definition) is 2. The molecule has 0 unspecified atom stereocenters. The van der Waals surface area contributed by atoms with Crippen molar-refractivity contribution in [3.8, 4) is 0 Å². The van der Waals surface area contributed by atoms with Crippen LogP contribution in [0.3, 0.4) is 0 Å². The molecule has 0 heterocycles. The average Bonchev–Trinajstić information content (AvgIpc) is 2.08. The number of rotatable bonds is 3. The molecule has 0 aromatic rings. The molecule has 16 heavy (non-hydrogen) atoms. The van der Waals surface area contributed by atoms with Gasteiger partial charge in [0, 0.05) is 6.04 Å². The Balaban J connectivity index is 1.80. The highest BCUT2D eigenvalue weighted by Gasteiger charge is 2.46. The molecule has 5 nitrogen and oxygen atoms in total. The molecule has 2 fully saturated rings. The summed E-state index contributed by atoms with van der Waals surface area (Å²) in [6.07, 6.45) is 3.93. The van der Waals surface area contributed by atoms with Crippen molar-refractivity contribution in [2.45, 2.75) is 50.6 Å². The van der Waals surface area contributed by atoms with E-state index in [0.717, 1.165) is 19.3 Å². The Morgan fingerprint density at radius 2 is 1.94 bits per heavy atom. The van der Waals surface area contributed by atoms with Gasteiger partial charge in [0.15, 0.2) is 0 Å². The minimum Gasteiger partial charge on any atom is -0.480 e. The Morgan fingerprint density at radius 1 is 1.31 bits per heavy atom. The van der Waals surface area contributed by atoms with Crippen molar-refractivity contribution < 1.29 is 14.7 Å². The van der Waals surface area contributed by atoms with Crippen LogP contribution >= 0.6 is 0 Å². The lowest BCUT2D eigenvalue weighted by atomic mass is 9.77. The first-order valence-electron chi connectivity index (χ1n) is 5.84. The highest BCUT2D eigenvalue weighted by molar-refractivity contribution is 5.87. The van der Waals surface area contributed by atoms with Crippen LogP contribution in [0.1, 0.15) is 39.0 Å². The first-order chi connectivity index (χ1) is 7.52. The molecule has 90 valence electrons. The van der Waals surface area contributed by atoms with Crippen LogP contribution in [0.15, 0.2) is 0 Å². The molecule has 0 spiro atoms. The predicted octanol–water partition coefficient (Wildman–Crippen LogP) is 1.09. The van der Waals surface area contributed by atoms with Gasteiger partial charge in [-0.25, -0.2) is 9.59 Å². The minimum atomic E-state index is -1.00. The van der Waals surface area contributed by atoms with Gasteiger partial charge in [0.25, 0.3) is 0 Å². The molecule has 0 atom stereocenters. The fourth-order valence-corrected chi connectivity index (χ4v) is 2.38. The summed E-state index contributed by atoms with van der Waals surface area (Å²) in [5, 5.41) is 14.4. The van der Waals surface area contributed by atoms with Gasteiger partial charge in [-0.2, -0.15) is 0 Å². The summed E-state index contributed by atoms with van der Waals surface area (Å²) in [5.74, 6) is -0.252. The number of carboxylic acid groups (broad SMARTS) is 1. The Morgan fingerprint density at radius 3 is 2.31 bits per heavy atom. The highest BCUT2D eigenvalue weighted by atomic mass is 16.4. The van der Waals surface area contributed by atoms with Crippen molar-refractivity contribution in [1.82, 2.24) is 10.6 Å². The van der Waals surface area contributed by atoms with Gasteiger partial charge in [-0.05, 0) is 38.0 Å². The lowest BCUT2D eigenvalue weighted by molar-refractivity contribution is -0.148. The van der Waals surface area contributed by atoms with Crippen LogP contribution in [-0.2, 0) is 4.79 Å². The first-order valence-corrected chi connectivity index (χ1v) is 5.84. The molecule has 2 amide bonds. The molecule has 0 bridgehead atoms. The summed E-state index contributed by atoms with van der Waals surface area (Å²) < 4.78 is 0. The second-order valence-corrected chi connectivity index (χ2v) is 5.11. The van der Waals surface area contributed by atoms with Crippen LogP contribution in [0, 0.1) is 5.92 Å². The maximum atomic E-state index is 11.6. The summed E-state index contributed by atoms with van der Waals surface area (Å²) in [6.45, 7) is 2.14. The maximum absolute atomic E-state index is 11.6. The third kappa shape index (κ3) is 1.99. The van der Waals surface area contributed by atoms with E-state index < -0.39 is 11.5 Å². The molecule has 0 saturated heterocycles. The molecular weight excluding hydrogens is 208 g/mol. The summed E-state index contributed by atoms with van der Waals surface area (Å²) in [7, 11) is 0. The van der Waals surface area contributed by atoms with Crippen LogP contribution in [-0.4, -0.2) is 28.7 Å². The van der Waals surface area contributed by atoms with Gasteiger partial charge in [0.05, 0.1) is 0 Å². The maximum Gasteiger partial charge on any atom is 0.329 e. The van der Waals surface area contributed by atoms with Crippen molar-refractivity contribution in [3.05, 3.63) is 0 Å². The van der Waals surface area contributed by atoms with Crippen molar-refractivity contribution >= 4 is 12.0 Å². The molecule has 0 aromatic carbocycles. The summed E-state index contributed by atoms with van der Waals surface area (Å²) in [4.78, 5) is 22.6. The van der Waals surface area contributed by atoms with Gasteiger partial charge in [-0.1, -0.05) is 6.92 Å². The second kappa shape index (κ2) is 3.96. The van der Waals surface area contributed by atoms with Crippen LogP contribution < -0.4 is 10.6 Å². The number of carbonyl (C=O) groups excluding carboxylic acids is 1. The molecule has 0 aromatic heterocycles. The van der Waals surface area contributed by atoms with E-state index in [2.05, 4.69) is 17.6 Å². The molecule has 2 rings (SSSR count). The van der Waals surface area contributed by atoms with E-state index >= 15 is 0 Å². The Hall–Kier alpha value is -1.26. The fraction of sp³-hybridized carbons (Fsp3) is 0.818. The lowest BCUT2D eigenvalue weighted by Crippen LogP contribution is -2.62. The molecule has 0 radical (unpaired) electrons. The van der Waals surface area contributed by atoms with Crippen LogP contribution in [0.2, 0.25) is 0 Å². The van der Waals surface area contributed by atoms with Crippen molar-refractivity contribution in [1.29, 1.82) is 0 Å². The predicted molar refractivity (Wildman–Crippen MR) is 58.1 cm³/mol. The normalized spacial score (nSPS) is 30.8. The SMILES string of the molecule is CC1CC(NC(=O)NC2(C(=O)O)CCC2)C1. The Labute approximate surface area is 94.6 Å². The molecule has 5 heteroatoms. The first kappa shape index (κ1) is 11.2. The minimum absolute atomic E-state index is 0.223. The third-order valence-corrected chi connectivity index (χ3v) is 3.68. The zero-order chi connectivity index (χ0) is 11.8. The number of hydrogen-bond donors (Lipinski definition) is 3. The zero-order valence-corrected chi connectivity index (χ0v) is 9.45. The molecule has 3 N–H and O–H groups in total. The molecule has 2 saturated carbocycles. The van der Waals surface area contributed by atoms with E-state index in [0.29, 0.717) is 18.8 Å². The molecule has 2 aliphatic carbocycles. The van der Waals surface area contributed by atoms with E-state index in [1.807, 2.05) is 0 Å². The second-order valence-electron chi connectivity index (χ2n) is 5.11. The van der Waals surface area contributed by atoms with Crippen LogP contribution in [0.4, 0.5) is 4.79 Å². The smallest absolute Gasteiger partial charge is 0.329 e. The van der Waals surface area contributed by atoms with Gasteiger partial charge in [-0.3, -0.25) is 0 Å². The topological polar surface area (TPSA) is 78.4 Å². The number of carbonyl (C=O) groups is 2. The Bertz CT molecular complexity index is 306. The van der Waals surface area contributed by atoms with Crippen molar-refractivity contribution in [3.63, 3.8) is 0 Å². The summed E-state index contributed by atoms with van der Waals surface area (Å²) >= 11 is 0. The van der Waals surface area contributed by atoms with Gasteiger partial charge < -0.3 is 15.7 Å². The van der Waals surface area contributed by atoms with Gasteiger partial charge in [0.1, 0.15) is 5.54 Å². The molecular formula is C11H18N2O3. The molecule has 0 aliphatic heterocycles. The number of aliphatic carboxylic acids is 1. The number of amides is 2. The van der Waals surface area contributed by atoms with Crippen molar-refractivity contribution in [2.24, 2.45) is 5.92 Å². The number of urea groups is 1. The van der Waals surface area contributed by atoms with Gasteiger partial charge >= 0.3 is 12.0 Å². The van der Waals surface area contributed by atoms with Crippen LogP contribution in [0.25, 0.3) is 0 Å². The lowest BCUT2D eigenvalue weighted by Gasteiger charge is -2.40. The van der Waals surface area contributed by atoms with E-state index in [4.69, 9.17) is 5.11 Å². The highest BCUT2D eigenvalue weighted by Crippen LogP contribution is 2.32. The largest absolute Gasteiger partial charge is 0.480 e. The summed E-state index contributed by atoms with van der Waals surface area (Å²) in [6, 6.07) is -0.111. The van der Waals surface area contributed by atoms with E-state index in [1.165, 1.54) is 0 Å². The van der Waals surface area contributed by atoms with Gasteiger partial charge in [0.2, 0.25) is 0 Å². The third-order valence-electron chi connectivity index (χ3n) is 3.68. The molecule has 2 aliphatic rings. The summed E-state index contributed by atoms with van der Waals surface area (Å²) in [5.41, 5.74) is -1.00. The monoisotopic (exact) mass is 226 g/mol. The zero-order valence-electron chi connectivity index (χ0n) is 9.45. The van der Waals surface area contributed by atoms with E-state index in [9.17, 15) is 9.59 Å². The number of nitrogens with one attached hydrogen (secondary N) is 2. The van der Waals surface area contributed by atoms with Crippen LogP contribution in [0.5, 0.6) is 0 Å². The van der Waals surface area contributed by atoms with E-state index in [-0.39, 0.29) is 12.1 Å². The average molecular weight is 226 g/mol. The van der Waals surface area contributed by atoms with E-state index in [1.54, 1.807) is 0 Å². The van der Waals surface area contributed by atoms with Crippen molar-refractivity contribution in [2.75, 3.05) is 0 Å². The quantitative estimate of drug-likeness (QED) is 0.674. The van der Waals surface area contributed by atoms with Gasteiger partial charge in [-0.15, -0.1) is 0 Å². The standard InChI is InChI=1S/C11H18N2O3/c1-7-5-8(6-7)12-10(16)13-11(9(14)15)3-2-4-11/h7-8H,2-6H2,1H3,(H,14,15)(H2,12,13,16).